The Morgan fingerprint density at radius 3 is 2.44 bits per heavy atom. The molecule has 2 saturated heterocycles. The van der Waals surface area contributed by atoms with Gasteiger partial charge in [-0.3, -0.25) is 4.79 Å². The Morgan fingerprint density at radius 2 is 2.06 bits per heavy atom. The van der Waals surface area contributed by atoms with E-state index in [9.17, 15) is 18.0 Å². The smallest absolute Gasteiger partial charge is 0.351 e. The Bertz CT molecular complexity index is 356. The van der Waals surface area contributed by atoms with Gasteiger partial charge in [0, 0.05) is 5.92 Å². The lowest BCUT2D eigenvalue weighted by Gasteiger charge is -2.42. The molecule has 18 heavy (non-hydrogen) atoms. The summed E-state index contributed by atoms with van der Waals surface area (Å²) in [6, 6.07) is -0.931. The number of halogens is 3. The minimum atomic E-state index is -4.50. The third-order valence-corrected chi connectivity index (χ3v) is 3.49. The summed E-state index contributed by atoms with van der Waals surface area (Å²) in [5.74, 6) is -4.12. The maximum absolute atomic E-state index is 12.7. The Labute approximate surface area is 103 Å². The summed E-state index contributed by atoms with van der Waals surface area (Å²) in [6.45, 7) is 5.30. The van der Waals surface area contributed by atoms with Crippen LogP contribution in [0.4, 0.5) is 13.2 Å². The predicted octanol–water partition coefficient (Wildman–Crippen LogP) is 1.45. The van der Waals surface area contributed by atoms with Crippen LogP contribution < -0.4 is 5.32 Å². The molecule has 2 heterocycles. The lowest BCUT2D eigenvalue weighted by molar-refractivity contribution is -0.212. The minimum absolute atomic E-state index is 0.241. The maximum atomic E-state index is 12.7. The Morgan fingerprint density at radius 1 is 1.44 bits per heavy atom. The molecular weight excluding hydrogens is 251 g/mol. The summed E-state index contributed by atoms with van der Waals surface area (Å²) >= 11 is 0. The fourth-order valence-electron chi connectivity index (χ4n) is 2.40. The van der Waals surface area contributed by atoms with E-state index in [0.717, 1.165) is 0 Å². The topological polar surface area (TPSA) is 47.6 Å². The zero-order chi connectivity index (χ0) is 13.7. The molecule has 0 aromatic carbocycles. The van der Waals surface area contributed by atoms with E-state index >= 15 is 0 Å². The first-order chi connectivity index (χ1) is 8.12. The predicted molar refractivity (Wildman–Crippen MR) is 55.5 cm³/mol. The van der Waals surface area contributed by atoms with Crippen molar-refractivity contribution in [3.8, 4) is 0 Å². The van der Waals surface area contributed by atoms with Crippen LogP contribution in [0, 0.1) is 11.8 Å². The van der Waals surface area contributed by atoms with Gasteiger partial charge >= 0.3 is 6.18 Å². The molecule has 0 aromatic heterocycles. The molecule has 2 fully saturated rings. The van der Waals surface area contributed by atoms with E-state index in [1.165, 1.54) is 0 Å². The van der Waals surface area contributed by atoms with Gasteiger partial charge in [0.2, 0.25) is 5.91 Å². The summed E-state index contributed by atoms with van der Waals surface area (Å²) in [7, 11) is 0. The molecule has 2 aliphatic heterocycles. The Balaban J connectivity index is 2.03. The molecule has 4 nitrogen and oxygen atoms in total. The summed E-state index contributed by atoms with van der Waals surface area (Å²) in [5.41, 5.74) is 0. The minimum Gasteiger partial charge on any atom is -0.351 e. The molecule has 2 aliphatic rings. The van der Waals surface area contributed by atoms with Crippen LogP contribution in [0.1, 0.15) is 20.8 Å². The van der Waals surface area contributed by atoms with Crippen LogP contribution in [0.2, 0.25) is 0 Å². The lowest BCUT2D eigenvalue weighted by atomic mass is 9.79. The summed E-state index contributed by atoms with van der Waals surface area (Å²) < 4.78 is 48.9. The molecular formula is C11H16F3NO3. The van der Waals surface area contributed by atoms with Gasteiger partial charge in [-0.1, -0.05) is 6.92 Å². The first kappa shape index (κ1) is 13.6. The molecule has 104 valence electrons. The van der Waals surface area contributed by atoms with Gasteiger partial charge in [-0.15, -0.1) is 0 Å². The first-order valence-electron chi connectivity index (χ1n) is 5.81. The number of alkyl halides is 3. The fraction of sp³-hybridized carbons (Fsp3) is 0.909. The van der Waals surface area contributed by atoms with Crippen molar-refractivity contribution in [2.45, 2.75) is 44.9 Å². The van der Waals surface area contributed by atoms with Crippen LogP contribution in [0.5, 0.6) is 0 Å². The van der Waals surface area contributed by atoms with Crippen molar-refractivity contribution in [3.05, 3.63) is 0 Å². The molecule has 0 aliphatic carbocycles. The van der Waals surface area contributed by atoms with E-state index in [-0.39, 0.29) is 6.61 Å². The summed E-state index contributed by atoms with van der Waals surface area (Å²) in [5, 5.41) is 2.31. The highest BCUT2D eigenvalue weighted by Gasteiger charge is 2.59. The highest BCUT2D eigenvalue weighted by atomic mass is 19.4. The van der Waals surface area contributed by atoms with E-state index in [0.29, 0.717) is 0 Å². The van der Waals surface area contributed by atoms with Crippen molar-refractivity contribution in [3.63, 3.8) is 0 Å². The van der Waals surface area contributed by atoms with Crippen LogP contribution >= 0.6 is 0 Å². The molecule has 2 rings (SSSR count). The lowest BCUT2D eigenvalue weighted by Crippen LogP contribution is -2.67. The van der Waals surface area contributed by atoms with Crippen molar-refractivity contribution in [1.82, 2.24) is 5.32 Å². The number of nitrogens with one attached hydrogen (secondary N) is 1. The second-order valence-electron chi connectivity index (χ2n) is 5.28. The summed E-state index contributed by atoms with van der Waals surface area (Å²) in [6.07, 6.45) is -4.94. The highest BCUT2D eigenvalue weighted by Crippen LogP contribution is 2.40. The maximum Gasteiger partial charge on any atom is 0.402 e. The van der Waals surface area contributed by atoms with Crippen LogP contribution in [0.25, 0.3) is 0 Å². The Hall–Kier alpha value is -0.820. The van der Waals surface area contributed by atoms with Gasteiger partial charge in [-0.05, 0) is 13.8 Å². The van der Waals surface area contributed by atoms with E-state index in [1.807, 2.05) is 0 Å². The monoisotopic (exact) mass is 267 g/mol. The zero-order valence-corrected chi connectivity index (χ0v) is 10.4. The van der Waals surface area contributed by atoms with Gasteiger partial charge < -0.3 is 14.8 Å². The van der Waals surface area contributed by atoms with Crippen LogP contribution in [-0.4, -0.2) is 36.6 Å². The van der Waals surface area contributed by atoms with E-state index < -0.39 is 41.9 Å². The van der Waals surface area contributed by atoms with E-state index in [4.69, 9.17) is 9.47 Å². The standard InChI is InChI=1S/C11H16F3NO3/c1-5(6-4-17-10(2,3)18-6)8-7(9(16)15-8)11(12,13)14/h5-8H,4H2,1-3H3,(H,15,16)/t5?,6?,7-,8+/m0/s1. The van der Waals surface area contributed by atoms with Crippen LogP contribution in [0.15, 0.2) is 0 Å². The zero-order valence-electron chi connectivity index (χ0n) is 10.4. The molecule has 1 N–H and O–H groups in total. The van der Waals surface area contributed by atoms with Gasteiger partial charge in [-0.2, -0.15) is 13.2 Å². The normalized spacial score (nSPS) is 37.0. The molecule has 0 saturated carbocycles. The second-order valence-corrected chi connectivity index (χ2v) is 5.28. The highest BCUT2D eigenvalue weighted by molar-refractivity contribution is 5.86. The average Bonchev–Trinajstić information content (AvgIpc) is 2.51. The van der Waals surface area contributed by atoms with E-state index in [2.05, 4.69) is 5.32 Å². The fourth-order valence-corrected chi connectivity index (χ4v) is 2.40. The van der Waals surface area contributed by atoms with Crippen molar-refractivity contribution < 1.29 is 27.4 Å². The van der Waals surface area contributed by atoms with Crippen molar-refractivity contribution >= 4 is 5.91 Å². The van der Waals surface area contributed by atoms with Gasteiger partial charge in [0.15, 0.2) is 11.7 Å². The second kappa shape index (κ2) is 4.09. The number of amides is 1. The van der Waals surface area contributed by atoms with Crippen molar-refractivity contribution in [1.29, 1.82) is 0 Å². The number of hydrogen-bond donors (Lipinski definition) is 1. The number of ether oxygens (including phenoxy) is 2. The number of carbonyl (C=O) groups is 1. The average molecular weight is 267 g/mol. The largest absolute Gasteiger partial charge is 0.402 e. The third-order valence-electron chi connectivity index (χ3n) is 3.49. The van der Waals surface area contributed by atoms with Crippen LogP contribution in [-0.2, 0) is 14.3 Å². The van der Waals surface area contributed by atoms with Gasteiger partial charge in [0.25, 0.3) is 0 Å². The Kier molecular flexibility index (Phi) is 3.09. The molecule has 1 amide bonds. The first-order valence-corrected chi connectivity index (χ1v) is 5.81. The van der Waals surface area contributed by atoms with Gasteiger partial charge in [-0.25, -0.2) is 0 Å². The molecule has 0 spiro atoms. The number of hydrogen-bond acceptors (Lipinski definition) is 3. The molecule has 0 aromatic rings. The number of carbonyl (C=O) groups excluding carboxylic acids is 1. The number of rotatable bonds is 2. The van der Waals surface area contributed by atoms with Gasteiger partial charge in [0.1, 0.15) is 0 Å². The van der Waals surface area contributed by atoms with Crippen LogP contribution in [0.3, 0.4) is 0 Å². The third kappa shape index (κ3) is 2.33. The molecule has 2 unspecified atom stereocenters. The van der Waals surface area contributed by atoms with Crippen molar-refractivity contribution in [2.24, 2.45) is 11.8 Å². The number of β-lactam (4-membered cyclic amide) rings is 1. The van der Waals surface area contributed by atoms with Crippen molar-refractivity contribution in [2.75, 3.05) is 6.61 Å². The molecule has 4 atom stereocenters. The summed E-state index contributed by atoms with van der Waals surface area (Å²) in [4.78, 5) is 11.0. The molecule has 7 heteroatoms. The molecule has 0 bridgehead atoms. The SMILES string of the molecule is CC(C1COC(C)(C)O1)[C@H]1NC(=O)[C@H]1C(F)(F)F. The quantitative estimate of drug-likeness (QED) is 0.770. The van der Waals surface area contributed by atoms with E-state index in [1.54, 1.807) is 20.8 Å². The van der Waals surface area contributed by atoms with Gasteiger partial charge in [0.05, 0.1) is 18.8 Å². The molecule has 0 radical (unpaired) electrons.